The number of fused-ring (bicyclic) bond motifs is 2. The lowest BCUT2D eigenvalue weighted by Gasteiger charge is -2.18. The Morgan fingerprint density at radius 1 is 1.53 bits per heavy atom. The zero-order chi connectivity index (χ0) is 10.3. The molecule has 0 aromatic carbocycles. The Bertz CT molecular complexity index is 407. The molecule has 4 heteroatoms. The number of hydrogen-bond acceptors (Lipinski definition) is 4. The molecule has 0 radical (unpaired) electrons. The maximum Gasteiger partial charge on any atom is 0.222 e. The second-order valence-corrected chi connectivity index (χ2v) is 4.66. The smallest absolute Gasteiger partial charge is 0.222 e. The summed E-state index contributed by atoms with van der Waals surface area (Å²) < 4.78 is 10.6. The van der Waals surface area contributed by atoms with Gasteiger partial charge in [0.25, 0.3) is 0 Å². The zero-order valence-corrected chi connectivity index (χ0v) is 8.83. The van der Waals surface area contributed by atoms with Crippen molar-refractivity contribution in [3.05, 3.63) is 28.0 Å². The third-order valence-corrected chi connectivity index (χ3v) is 3.41. The van der Waals surface area contributed by atoms with Gasteiger partial charge >= 0.3 is 0 Å². The van der Waals surface area contributed by atoms with Gasteiger partial charge in [0.15, 0.2) is 0 Å². The predicted molar refractivity (Wildman–Crippen MR) is 56.5 cm³/mol. The van der Waals surface area contributed by atoms with Gasteiger partial charge < -0.3 is 9.47 Å². The molecule has 3 rings (SSSR count). The van der Waals surface area contributed by atoms with Crippen molar-refractivity contribution in [1.82, 2.24) is 0 Å². The van der Waals surface area contributed by atoms with Crippen molar-refractivity contribution in [2.24, 2.45) is 0 Å². The Morgan fingerprint density at radius 3 is 3.27 bits per heavy atom. The number of rotatable bonds is 1. The summed E-state index contributed by atoms with van der Waals surface area (Å²) in [5.74, 6) is -0.0165. The third kappa shape index (κ3) is 1.65. The van der Waals surface area contributed by atoms with E-state index >= 15 is 0 Å². The van der Waals surface area contributed by atoms with Gasteiger partial charge in [-0.15, -0.1) is 11.3 Å². The fourth-order valence-electron chi connectivity index (χ4n) is 1.87. The van der Waals surface area contributed by atoms with Crippen molar-refractivity contribution >= 4 is 23.2 Å². The molecule has 0 N–H and O–H groups in total. The SMILES string of the molecule is O=C1/C(=C/c2cccs2)C[C@H]2CO[C@@H]1O2. The van der Waals surface area contributed by atoms with Crippen LogP contribution < -0.4 is 0 Å². The molecule has 0 amide bonds. The molecular formula is C11H10O3S. The maximum absolute atomic E-state index is 11.8. The van der Waals surface area contributed by atoms with E-state index in [9.17, 15) is 4.79 Å². The Hall–Kier alpha value is -0.970. The molecule has 1 aromatic rings. The number of thiophene rings is 1. The monoisotopic (exact) mass is 222 g/mol. The summed E-state index contributed by atoms with van der Waals surface area (Å²) in [6.07, 6.45) is 2.05. The van der Waals surface area contributed by atoms with Gasteiger partial charge in [-0.25, -0.2) is 0 Å². The molecule has 3 heterocycles. The summed E-state index contributed by atoms with van der Waals surface area (Å²) in [5.41, 5.74) is 0.830. The van der Waals surface area contributed by atoms with Crippen LogP contribution in [0.3, 0.4) is 0 Å². The van der Waals surface area contributed by atoms with Crippen molar-refractivity contribution in [3.8, 4) is 0 Å². The molecule has 3 nitrogen and oxygen atoms in total. The molecular weight excluding hydrogens is 212 g/mol. The Labute approximate surface area is 91.3 Å². The average molecular weight is 222 g/mol. The van der Waals surface area contributed by atoms with Gasteiger partial charge in [-0.1, -0.05) is 6.07 Å². The summed E-state index contributed by atoms with van der Waals surface area (Å²) in [5, 5.41) is 2.00. The molecule has 0 aliphatic carbocycles. The van der Waals surface area contributed by atoms with E-state index in [0.29, 0.717) is 13.0 Å². The first-order chi connectivity index (χ1) is 7.33. The molecule has 0 unspecified atom stereocenters. The minimum absolute atomic E-state index is 0.0165. The van der Waals surface area contributed by atoms with Gasteiger partial charge in [-0.2, -0.15) is 0 Å². The van der Waals surface area contributed by atoms with Gasteiger partial charge in [-0.3, -0.25) is 4.79 Å². The molecule has 2 bridgehead atoms. The van der Waals surface area contributed by atoms with Crippen LogP contribution >= 0.6 is 11.3 Å². The third-order valence-electron chi connectivity index (χ3n) is 2.59. The molecule has 0 spiro atoms. The maximum atomic E-state index is 11.8. The van der Waals surface area contributed by atoms with Crippen LogP contribution in [0, 0.1) is 0 Å². The van der Waals surface area contributed by atoms with Crippen molar-refractivity contribution in [2.75, 3.05) is 6.61 Å². The van der Waals surface area contributed by atoms with Crippen molar-refractivity contribution in [3.63, 3.8) is 0 Å². The number of carbonyl (C=O) groups is 1. The molecule has 78 valence electrons. The predicted octanol–water partition coefficient (Wildman–Crippen LogP) is 1.85. The lowest BCUT2D eigenvalue weighted by Crippen LogP contribution is -2.30. The van der Waals surface area contributed by atoms with Gasteiger partial charge in [0.05, 0.1) is 12.7 Å². The van der Waals surface area contributed by atoms with Crippen LogP contribution in [0.25, 0.3) is 6.08 Å². The molecule has 1 aromatic heterocycles. The average Bonchev–Trinajstić information content (AvgIpc) is 2.84. The van der Waals surface area contributed by atoms with Gasteiger partial charge in [-0.05, 0) is 17.5 Å². The number of carbonyl (C=O) groups excluding carboxylic acids is 1. The van der Waals surface area contributed by atoms with Gasteiger partial charge in [0.2, 0.25) is 12.1 Å². The number of ether oxygens (including phenoxy) is 2. The summed E-state index contributed by atoms with van der Waals surface area (Å²) in [6, 6.07) is 3.98. The quantitative estimate of drug-likeness (QED) is 0.680. The molecule has 2 aliphatic heterocycles. The molecule has 2 aliphatic rings. The van der Waals surface area contributed by atoms with Crippen LogP contribution in [0.5, 0.6) is 0 Å². The summed E-state index contributed by atoms with van der Waals surface area (Å²) in [6.45, 7) is 0.540. The highest BCUT2D eigenvalue weighted by atomic mass is 32.1. The molecule has 15 heavy (non-hydrogen) atoms. The second-order valence-electron chi connectivity index (χ2n) is 3.68. The largest absolute Gasteiger partial charge is 0.343 e. The highest BCUT2D eigenvalue weighted by molar-refractivity contribution is 7.10. The fourth-order valence-corrected chi connectivity index (χ4v) is 2.55. The molecule has 0 saturated carbocycles. The first kappa shape index (κ1) is 9.27. The van der Waals surface area contributed by atoms with E-state index < -0.39 is 6.29 Å². The standard InChI is InChI=1S/C11H10O3S/c12-10-7(5-9-2-1-3-15-9)4-8-6-13-11(10)14-8/h1-3,5,8,11H,4,6H2/b7-5+/t8-,11+/m0/s1. The first-order valence-corrected chi connectivity index (χ1v) is 5.76. The number of Topliss-reactive ketones (excluding diaryl/α,β-unsaturated/α-hetero) is 1. The van der Waals surface area contributed by atoms with E-state index in [2.05, 4.69) is 0 Å². The summed E-state index contributed by atoms with van der Waals surface area (Å²) in [4.78, 5) is 12.9. The van der Waals surface area contributed by atoms with Gasteiger partial charge in [0, 0.05) is 16.9 Å². The minimum atomic E-state index is -0.644. The van der Waals surface area contributed by atoms with Crippen LogP contribution in [0.4, 0.5) is 0 Å². The van der Waals surface area contributed by atoms with E-state index in [1.54, 1.807) is 11.3 Å². The van der Waals surface area contributed by atoms with Crippen LogP contribution in [-0.2, 0) is 14.3 Å². The van der Waals surface area contributed by atoms with Crippen LogP contribution in [0.2, 0.25) is 0 Å². The van der Waals surface area contributed by atoms with Crippen LogP contribution in [-0.4, -0.2) is 24.8 Å². The van der Waals surface area contributed by atoms with Gasteiger partial charge in [0.1, 0.15) is 0 Å². The highest BCUT2D eigenvalue weighted by Gasteiger charge is 2.39. The minimum Gasteiger partial charge on any atom is -0.343 e. The molecule has 2 atom stereocenters. The van der Waals surface area contributed by atoms with Crippen LogP contribution in [0.15, 0.2) is 23.1 Å². The van der Waals surface area contributed by atoms with E-state index in [0.717, 1.165) is 10.5 Å². The Kier molecular flexibility index (Phi) is 2.20. The van der Waals surface area contributed by atoms with E-state index in [-0.39, 0.29) is 11.9 Å². The fraction of sp³-hybridized carbons (Fsp3) is 0.364. The van der Waals surface area contributed by atoms with Crippen molar-refractivity contribution < 1.29 is 14.3 Å². The Morgan fingerprint density at radius 2 is 2.47 bits per heavy atom. The zero-order valence-electron chi connectivity index (χ0n) is 8.01. The lowest BCUT2D eigenvalue weighted by molar-refractivity contribution is -0.146. The number of ketones is 1. The molecule has 2 saturated heterocycles. The second kappa shape index (κ2) is 3.56. The first-order valence-electron chi connectivity index (χ1n) is 4.88. The Balaban J connectivity index is 1.90. The lowest BCUT2D eigenvalue weighted by atomic mass is 10.0. The summed E-state index contributed by atoms with van der Waals surface area (Å²) >= 11 is 1.63. The topological polar surface area (TPSA) is 35.5 Å². The number of hydrogen-bond donors (Lipinski definition) is 0. The summed E-state index contributed by atoms with van der Waals surface area (Å²) in [7, 11) is 0. The normalized spacial score (nSPS) is 32.5. The van der Waals surface area contributed by atoms with E-state index in [1.165, 1.54) is 0 Å². The van der Waals surface area contributed by atoms with E-state index in [1.807, 2.05) is 23.6 Å². The highest BCUT2D eigenvalue weighted by Crippen LogP contribution is 2.29. The molecule has 2 fully saturated rings. The van der Waals surface area contributed by atoms with Crippen LogP contribution in [0.1, 0.15) is 11.3 Å². The van der Waals surface area contributed by atoms with E-state index in [4.69, 9.17) is 9.47 Å². The van der Waals surface area contributed by atoms with Crippen molar-refractivity contribution in [1.29, 1.82) is 0 Å². The van der Waals surface area contributed by atoms with Crippen molar-refractivity contribution in [2.45, 2.75) is 18.8 Å².